The van der Waals surface area contributed by atoms with Crippen molar-refractivity contribution in [1.82, 2.24) is 30.4 Å². The van der Waals surface area contributed by atoms with E-state index in [9.17, 15) is 24.0 Å². The van der Waals surface area contributed by atoms with E-state index in [1.165, 1.54) is 11.8 Å². The number of ether oxygens (including phenoxy) is 4. The first-order valence-corrected chi connectivity index (χ1v) is 24.2. The summed E-state index contributed by atoms with van der Waals surface area (Å²) in [5, 5.41) is 17.3. The van der Waals surface area contributed by atoms with E-state index < -0.39 is 11.9 Å². The predicted molar refractivity (Wildman–Crippen MR) is 258 cm³/mol. The van der Waals surface area contributed by atoms with E-state index in [0.717, 1.165) is 42.7 Å². The molecule has 5 heterocycles. The Kier molecular flexibility index (Phi) is 18.0. The lowest BCUT2D eigenvalue weighted by molar-refractivity contribution is -0.136. The Hall–Kier alpha value is -5.42. The van der Waals surface area contributed by atoms with Crippen molar-refractivity contribution >= 4 is 80.8 Å². The van der Waals surface area contributed by atoms with Crippen LogP contribution in [-0.2, 0) is 38.1 Å². The topological polar surface area (TPSA) is 269 Å². The molecular formula is C46H60ClN11O9S. The molecule has 1 spiro atoms. The van der Waals surface area contributed by atoms with Crippen molar-refractivity contribution in [3.8, 4) is 0 Å². The molecule has 20 nitrogen and oxygen atoms in total. The molecule has 4 aromatic rings. The van der Waals surface area contributed by atoms with E-state index in [0.29, 0.717) is 103 Å². The first kappa shape index (κ1) is 50.5. The molecule has 2 aromatic heterocycles. The molecule has 4 amide bonds. The number of carbonyl (C=O) groups is 4. The van der Waals surface area contributed by atoms with Crippen molar-refractivity contribution in [3.63, 3.8) is 0 Å². The van der Waals surface area contributed by atoms with Gasteiger partial charge in [-0.1, -0.05) is 29.4 Å². The fraction of sp³-hybridized carbons (Fsp3) is 0.522. The van der Waals surface area contributed by atoms with Gasteiger partial charge in [0.15, 0.2) is 5.82 Å². The second-order valence-electron chi connectivity index (χ2n) is 17.1. The van der Waals surface area contributed by atoms with Crippen molar-refractivity contribution in [1.29, 1.82) is 0 Å². The summed E-state index contributed by atoms with van der Waals surface area (Å²) in [6.45, 7) is 8.04. The minimum atomic E-state index is -0.807. The summed E-state index contributed by atoms with van der Waals surface area (Å²) < 4.78 is 23.8. The minimum Gasteiger partial charge on any atom is -0.385 e. The van der Waals surface area contributed by atoms with Crippen LogP contribution in [0.25, 0.3) is 10.8 Å². The molecule has 8 N–H and O–H groups in total. The molecule has 3 aliphatic heterocycles. The highest BCUT2D eigenvalue weighted by Crippen LogP contribution is 2.43. The number of benzene rings is 2. The van der Waals surface area contributed by atoms with E-state index in [1.54, 1.807) is 36.7 Å². The molecule has 22 heteroatoms. The number of hydrogen-bond donors (Lipinski definition) is 6. The van der Waals surface area contributed by atoms with Gasteiger partial charge in [-0.15, -0.1) is 0 Å². The Morgan fingerprint density at radius 3 is 2.40 bits per heavy atom. The van der Waals surface area contributed by atoms with Gasteiger partial charge in [-0.3, -0.25) is 29.3 Å². The van der Waals surface area contributed by atoms with Gasteiger partial charge in [0, 0.05) is 86.1 Å². The van der Waals surface area contributed by atoms with E-state index in [1.807, 2.05) is 19.1 Å². The Balaban J connectivity index is 0.685. The molecule has 0 aliphatic carbocycles. The number of amides is 4. The second kappa shape index (κ2) is 24.2. The number of carbonyl (C=O) groups excluding carboxylic acids is 4. The maximum absolute atomic E-state index is 13.0. The molecule has 0 saturated carbocycles. The Morgan fingerprint density at radius 1 is 0.971 bits per heavy atom. The number of halogens is 1. The third-order valence-corrected chi connectivity index (χ3v) is 13.9. The van der Waals surface area contributed by atoms with Crippen molar-refractivity contribution in [3.05, 3.63) is 64.2 Å². The lowest BCUT2D eigenvalue weighted by Crippen LogP contribution is -2.50. The summed E-state index contributed by atoms with van der Waals surface area (Å²) in [5.74, 6) is -0.462. The number of rotatable bonds is 23. The van der Waals surface area contributed by atoms with Gasteiger partial charge in [0.25, 0.3) is 11.5 Å². The zero-order valence-corrected chi connectivity index (χ0v) is 39.7. The highest BCUT2D eigenvalue weighted by atomic mass is 35.5. The molecule has 1 unspecified atom stereocenters. The van der Waals surface area contributed by atoms with Gasteiger partial charge in [0.2, 0.25) is 17.7 Å². The highest BCUT2D eigenvalue weighted by Gasteiger charge is 2.47. The first-order chi connectivity index (χ1) is 32.9. The van der Waals surface area contributed by atoms with Crippen LogP contribution in [-0.4, -0.2) is 128 Å². The van der Waals surface area contributed by atoms with Crippen LogP contribution in [0.4, 0.5) is 23.0 Å². The number of fused-ring (bicyclic) bond motifs is 1. The van der Waals surface area contributed by atoms with Gasteiger partial charge in [-0.25, -0.2) is 14.6 Å². The van der Waals surface area contributed by atoms with Crippen molar-refractivity contribution < 1.29 is 38.1 Å². The zero-order valence-electron chi connectivity index (χ0n) is 38.1. The summed E-state index contributed by atoms with van der Waals surface area (Å²) in [4.78, 5) is 73.9. The van der Waals surface area contributed by atoms with Gasteiger partial charge in [-0.2, -0.15) is 5.10 Å². The zero-order chi connectivity index (χ0) is 48.0. The molecule has 3 fully saturated rings. The molecule has 0 radical (unpaired) electrons. The van der Waals surface area contributed by atoms with Gasteiger partial charge >= 0.3 is 0 Å². The van der Waals surface area contributed by atoms with Gasteiger partial charge in [0.05, 0.1) is 67.6 Å². The molecule has 2 aromatic carbocycles. The summed E-state index contributed by atoms with van der Waals surface area (Å²) in [6, 6.07) is 9.83. The fourth-order valence-corrected chi connectivity index (χ4v) is 9.45. The van der Waals surface area contributed by atoms with Crippen LogP contribution in [0.3, 0.4) is 0 Å². The SMILES string of the molecule is C[C@@H]1OCC2(CCN(c3cnc(Sc4cccc(NC(=O)CCC(=O)NCCCOCCOCCOCCCNc5ccc6c(=O)n(C7CCC(=O)NC7=O)ncc6c5)c4Cl)c(N)n3)CC2)[C@@H]1N. The van der Waals surface area contributed by atoms with Crippen LogP contribution >= 0.6 is 23.4 Å². The van der Waals surface area contributed by atoms with Crippen molar-refractivity contribution in [2.75, 3.05) is 93.7 Å². The lowest BCUT2D eigenvalue weighted by atomic mass is 9.73. The largest absolute Gasteiger partial charge is 0.385 e. The number of nitrogen functional groups attached to an aromatic ring is 1. The number of nitrogens with one attached hydrogen (secondary N) is 4. The van der Waals surface area contributed by atoms with E-state index in [-0.39, 0.29) is 72.3 Å². The van der Waals surface area contributed by atoms with Crippen LogP contribution < -0.4 is 43.2 Å². The highest BCUT2D eigenvalue weighted by molar-refractivity contribution is 7.99. The molecule has 3 saturated heterocycles. The minimum absolute atomic E-state index is 0.000318. The quantitative estimate of drug-likeness (QED) is 0.0457. The third kappa shape index (κ3) is 13.2. The number of nitrogens with zero attached hydrogens (tertiary/aromatic N) is 5. The van der Waals surface area contributed by atoms with Gasteiger partial charge in [0.1, 0.15) is 16.9 Å². The van der Waals surface area contributed by atoms with Crippen LogP contribution in [0.2, 0.25) is 5.02 Å². The number of nitrogens with two attached hydrogens (primary N) is 2. The van der Waals surface area contributed by atoms with Crippen LogP contribution in [0.1, 0.15) is 64.3 Å². The summed E-state index contributed by atoms with van der Waals surface area (Å²) >= 11 is 7.96. The second-order valence-corrected chi connectivity index (χ2v) is 18.5. The van der Waals surface area contributed by atoms with Crippen LogP contribution in [0, 0.1) is 5.41 Å². The standard InChI is InChI=1S/C46H60ClN11O9S/c1-29-41(48)46(28-67-29)13-17-57(18-14-46)36-27-52-44(42(49)55-36)68-35-6-2-5-33(40(35)47)54-38(60)12-11-37(59)51-16-4-20-65-22-24-66-23-21-64-19-3-15-50-31-7-8-32-30(25-31)26-53-58(45(32)63)34-9-10-39(61)56-43(34)62/h2,5-8,25-27,29,34,41,50H,3-4,9-24,28,48H2,1H3,(H2,49,55)(H,51,59)(H,54,60)(H,56,61,62)/t29-,34?,41+/m0/s1. The normalized spacial score (nSPS) is 19.0. The molecule has 0 bridgehead atoms. The summed E-state index contributed by atoms with van der Waals surface area (Å²) in [5.41, 5.74) is 13.7. The maximum atomic E-state index is 13.0. The van der Waals surface area contributed by atoms with E-state index in [4.69, 9.17) is 42.0 Å². The average Bonchev–Trinajstić information content (AvgIpc) is 3.60. The van der Waals surface area contributed by atoms with E-state index in [2.05, 4.69) is 41.2 Å². The molecule has 3 atom stereocenters. The van der Waals surface area contributed by atoms with Crippen LogP contribution in [0.15, 0.2) is 63.5 Å². The summed E-state index contributed by atoms with van der Waals surface area (Å²) in [6.07, 6.45) is 6.91. The monoisotopic (exact) mass is 977 g/mol. The number of piperidine rings is 2. The maximum Gasteiger partial charge on any atom is 0.275 e. The average molecular weight is 979 g/mol. The number of aromatic nitrogens is 4. The van der Waals surface area contributed by atoms with Crippen molar-refractivity contribution in [2.45, 2.75) is 86.4 Å². The molecule has 7 rings (SSSR count). The predicted octanol–water partition coefficient (Wildman–Crippen LogP) is 3.66. The fourth-order valence-electron chi connectivity index (χ4n) is 8.35. The molecule has 3 aliphatic rings. The number of anilines is 4. The van der Waals surface area contributed by atoms with Gasteiger partial charge in [-0.05, 0) is 69.4 Å². The Bertz CT molecular complexity index is 2470. The Labute approximate surface area is 403 Å². The van der Waals surface area contributed by atoms with Crippen LogP contribution in [0.5, 0.6) is 0 Å². The summed E-state index contributed by atoms with van der Waals surface area (Å²) in [7, 11) is 0. The Morgan fingerprint density at radius 2 is 1.69 bits per heavy atom. The van der Waals surface area contributed by atoms with Crippen molar-refractivity contribution in [2.24, 2.45) is 11.1 Å². The lowest BCUT2D eigenvalue weighted by Gasteiger charge is -2.41. The molecular weight excluding hydrogens is 918 g/mol. The molecule has 68 heavy (non-hydrogen) atoms. The first-order valence-electron chi connectivity index (χ1n) is 23.0. The molecule has 366 valence electrons. The number of hydrogen-bond acceptors (Lipinski definition) is 17. The number of imide groups is 1. The smallest absolute Gasteiger partial charge is 0.275 e. The van der Waals surface area contributed by atoms with Gasteiger partial charge < -0.3 is 51.3 Å². The third-order valence-electron chi connectivity index (χ3n) is 12.3. The van der Waals surface area contributed by atoms with E-state index >= 15 is 0 Å².